The molecule has 0 radical (unpaired) electrons. The first-order valence-corrected chi connectivity index (χ1v) is 4.96. The van der Waals surface area contributed by atoms with Crippen LogP contribution in [0.5, 0.6) is 0 Å². The molecule has 1 atom stereocenters. The molecule has 78 valence electrons. The van der Waals surface area contributed by atoms with Crippen molar-refractivity contribution in [3.63, 3.8) is 0 Å². The molecule has 13 heavy (non-hydrogen) atoms. The molecule has 1 aliphatic heterocycles. The van der Waals surface area contributed by atoms with E-state index in [1.807, 2.05) is 0 Å². The number of aliphatic hydroxyl groups excluding tert-OH is 1. The van der Waals surface area contributed by atoms with Crippen molar-refractivity contribution in [2.45, 2.75) is 24.9 Å². The third-order valence-corrected chi connectivity index (χ3v) is 2.81. The van der Waals surface area contributed by atoms with Crippen molar-refractivity contribution in [1.29, 1.82) is 0 Å². The molecule has 4 heteroatoms. The first-order chi connectivity index (χ1) is 6.20. The van der Waals surface area contributed by atoms with Gasteiger partial charge in [-0.15, -0.1) is 0 Å². The third kappa shape index (κ3) is 3.23. The lowest BCUT2D eigenvalue weighted by Crippen LogP contribution is -2.38. The lowest BCUT2D eigenvalue weighted by atomic mass is 9.95. The second-order valence-corrected chi connectivity index (χ2v) is 3.85. The Bertz CT molecular complexity index is 155. The molecule has 1 heterocycles. The molecule has 0 aromatic heterocycles. The highest BCUT2D eigenvalue weighted by atomic mass is 16.3. The Balaban J connectivity index is 2.39. The second kappa shape index (κ2) is 4.91. The summed E-state index contributed by atoms with van der Waals surface area (Å²) in [5.41, 5.74) is 4.85. The third-order valence-electron chi connectivity index (χ3n) is 2.81. The lowest BCUT2D eigenvalue weighted by Gasteiger charge is -2.24. The minimum atomic E-state index is -0.662. The summed E-state index contributed by atoms with van der Waals surface area (Å²) in [6, 6.07) is 0. The zero-order valence-corrected chi connectivity index (χ0v) is 8.08. The lowest BCUT2D eigenvalue weighted by molar-refractivity contribution is 0.0337. The van der Waals surface area contributed by atoms with Crippen LogP contribution in [-0.2, 0) is 0 Å². The molecule has 1 unspecified atom stereocenters. The SMILES string of the molecule is NCC1(O)CCCN(CCO)CC1. The molecule has 1 rings (SSSR count). The van der Waals surface area contributed by atoms with E-state index in [2.05, 4.69) is 4.90 Å². The van der Waals surface area contributed by atoms with Crippen LogP contribution < -0.4 is 5.73 Å². The molecule has 1 fully saturated rings. The molecule has 0 aromatic carbocycles. The second-order valence-electron chi connectivity index (χ2n) is 3.85. The van der Waals surface area contributed by atoms with Crippen LogP contribution in [0.4, 0.5) is 0 Å². The molecule has 1 saturated heterocycles. The number of β-amino-alcohol motifs (C(OH)–C–C–N with tert-alkyl or cyclic N) is 1. The monoisotopic (exact) mass is 188 g/mol. The molecular weight excluding hydrogens is 168 g/mol. The summed E-state index contributed by atoms with van der Waals surface area (Å²) in [7, 11) is 0. The van der Waals surface area contributed by atoms with E-state index in [0.29, 0.717) is 13.1 Å². The largest absolute Gasteiger partial charge is 0.395 e. The van der Waals surface area contributed by atoms with Gasteiger partial charge in [0, 0.05) is 19.6 Å². The highest BCUT2D eigenvalue weighted by Gasteiger charge is 2.28. The van der Waals surface area contributed by atoms with Crippen molar-refractivity contribution < 1.29 is 10.2 Å². The van der Waals surface area contributed by atoms with Crippen LogP contribution in [0.25, 0.3) is 0 Å². The predicted octanol–water partition coefficient (Wildman–Crippen LogP) is -0.846. The van der Waals surface area contributed by atoms with Gasteiger partial charge in [-0.2, -0.15) is 0 Å². The Labute approximate surface area is 79.3 Å². The molecule has 0 saturated carbocycles. The van der Waals surface area contributed by atoms with E-state index >= 15 is 0 Å². The van der Waals surface area contributed by atoms with Gasteiger partial charge in [-0.1, -0.05) is 0 Å². The molecule has 1 aliphatic rings. The van der Waals surface area contributed by atoms with Gasteiger partial charge in [0.05, 0.1) is 12.2 Å². The van der Waals surface area contributed by atoms with Crippen molar-refractivity contribution in [2.24, 2.45) is 5.73 Å². The zero-order valence-electron chi connectivity index (χ0n) is 8.08. The van der Waals surface area contributed by atoms with Gasteiger partial charge in [0.1, 0.15) is 0 Å². The summed E-state index contributed by atoms with van der Waals surface area (Å²) in [4.78, 5) is 2.17. The van der Waals surface area contributed by atoms with E-state index in [4.69, 9.17) is 10.8 Å². The standard InChI is InChI=1S/C9H20N2O2/c10-8-9(13)2-1-4-11(5-3-9)6-7-12/h12-13H,1-8,10H2. The summed E-state index contributed by atoms with van der Waals surface area (Å²) in [6.07, 6.45) is 2.47. The van der Waals surface area contributed by atoms with Gasteiger partial charge in [0.25, 0.3) is 0 Å². The fraction of sp³-hybridized carbons (Fsp3) is 1.00. The normalized spacial score (nSPS) is 31.6. The Morgan fingerprint density at radius 1 is 1.31 bits per heavy atom. The Morgan fingerprint density at radius 3 is 2.69 bits per heavy atom. The minimum Gasteiger partial charge on any atom is -0.395 e. The van der Waals surface area contributed by atoms with Crippen LogP contribution in [-0.4, -0.2) is 53.5 Å². The minimum absolute atomic E-state index is 0.195. The molecular formula is C9H20N2O2. The van der Waals surface area contributed by atoms with E-state index in [9.17, 15) is 5.11 Å². The Hall–Kier alpha value is -0.160. The van der Waals surface area contributed by atoms with Gasteiger partial charge in [0.2, 0.25) is 0 Å². The number of nitrogens with two attached hydrogens (primary N) is 1. The van der Waals surface area contributed by atoms with Crippen LogP contribution in [0.15, 0.2) is 0 Å². The Morgan fingerprint density at radius 2 is 2.08 bits per heavy atom. The molecule has 0 aromatic rings. The number of hydrogen-bond acceptors (Lipinski definition) is 4. The van der Waals surface area contributed by atoms with E-state index in [1.54, 1.807) is 0 Å². The topological polar surface area (TPSA) is 69.7 Å². The van der Waals surface area contributed by atoms with Gasteiger partial charge in [0.15, 0.2) is 0 Å². The van der Waals surface area contributed by atoms with E-state index in [0.717, 1.165) is 32.4 Å². The van der Waals surface area contributed by atoms with Gasteiger partial charge in [-0.3, -0.25) is 0 Å². The number of hydrogen-bond donors (Lipinski definition) is 3. The maximum absolute atomic E-state index is 9.93. The molecule has 0 amide bonds. The summed E-state index contributed by atoms with van der Waals surface area (Å²) >= 11 is 0. The number of aliphatic hydroxyl groups is 2. The van der Waals surface area contributed by atoms with Crippen molar-refractivity contribution in [1.82, 2.24) is 4.90 Å². The highest BCUT2D eigenvalue weighted by Crippen LogP contribution is 2.20. The van der Waals surface area contributed by atoms with E-state index < -0.39 is 5.60 Å². The predicted molar refractivity (Wildman–Crippen MR) is 51.4 cm³/mol. The fourth-order valence-corrected chi connectivity index (χ4v) is 1.80. The number of rotatable bonds is 3. The van der Waals surface area contributed by atoms with Crippen molar-refractivity contribution >= 4 is 0 Å². The maximum atomic E-state index is 9.93. The summed E-state index contributed by atoms with van der Waals surface area (Å²) in [5, 5.41) is 18.7. The van der Waals surface area contributed by atoms with Gasteiger partial charge >= 0.3 is 0 Å². The highest BCUT2D eigenvalue weighted by molar-refractivity contribution is 4.84. The van der Waals surface area contributed by atoms with Gasteiger partial charge < -0.3 is 20.8 Å². The molecule has 4 nitrogen and oxygen atoms in total. The molecule has 0 aliphatic carbocycles. The average Bonchev–Trinajstić information content (AvgIpc) is 2.31. The first kappa shape index (κ1) is 10.9. The van der Waals surface area contributed by atoms with Crippen LogP contribution in [0.2, 0.25) is 0 Å². The maximum Gasteiger partial charge on any atom is 0.0782 e. The van der Waals surface area contributed by atoms with Crippen molar-refractivity contribution in [3.8, 4) is 0 Å². The van der Waals surface area contributed by atoms with Crippen LogP contribution in [0.1, 0.15) is 19.3 Å². The zero-order chi connectivity index (χ0) is 9.73. The Kier molecular flexibility index (Phi) is 4.12. The van der Waals surface area contributed by atoms with E-state index in [-0.39, 0.29) is 6.61 Å². The van der Waals surface area contributed by atoms with Gasteiger partial charge in [-0.05, 0) is 25.8 Å². The van der Waals surface area contributed by atoms with Crippen molar-refractivity contribution in [2.75, 3.05) is 32.8 Å². The summed E-state index contributed by atoms with van der Waals surface area (Å²) in [6.45, 7) is 3.05. The van der Waals surface area contributed by atoms with E-state index in [1.165, 1.54) is 0 Å². The smallest absolute Gasteiger partial charge is 0.0782 e. The summed E-state index contributed by atoms with van der Waals surface area (Å²) < 4.78 is 0. The number of nitrogens with zero attached hydrogens (tertiary/aromatic N) is 1. The van der Waals surface area contributed by atoms with Crippen LogP contribution in [0, 0.1) is 0 Å². The van der Waals surface area contributed by atoms with Crippen LogP contribution in [0.3, 0.4) is 0 Å². The number of likely N-dealkylation sites (tertiary alicyclic amines) is 1. The summed E-state index contributed by atoms with van der Waals surface area (Å²) in [5.74, 6) is 0. The van der Waals surface area contributed by atoms with Crippen LogP contribution >= 0.6 is 0 Å². The fourth-order valence-electron chi connectivity index (χ4n) is 1.80. The van der Waals surface area contributed by atoms with Crippen molar-refractivity contribution in [3.05, 3.63) is 0 Å². The first-order valence-electron chi connectivity index (χ1n) is 4.96. The molecule has 4 N–H and O–H groups in total. The molecule has 0 spiro atoms. The molecule has 0 bridgehead atoms. The van der Waals surface area contributed by atoms with Gasteiger partial charge in [-0.25, -0.2) is 0 Å². The quantitative estimate of drug-likeness (QED) is 0.540. The average molecular weight is 188 g/mol.